The molecular formula is C13H11NO4. The van der Waals surface area contributed by atoms with Crippen LogP contribution in [0.3, 0.4) is 0 Å². The van der Waals surface area contributed by atoms with Crippen molar-refractivity contribution in [1.29, 1.82) is 0 Å². The zero-order valence-electron chi connectivity index (χ0n) is 9.66. The predicted octanol–water partition coefficient (Wildman–Crippen LogP) is 2.58. The third kappa shape index (κ3) is 2.40. The maximum Gasteiger partial charge on any atom is 0.339 e. The van der Waals surface area contributed by atoms with Crippen LogP contribution in [0.2, 0.25) is 0 Å². The van der Waals surface area contributed by atoms with Crippen molar-refractivity contribution in [3.63, 3.8) is 0 Å². The summed E-state index contributed by atoms with van der Waals surface area (Å²) in [6, 6.07) is 8.37. The van der Waals surface area contributed by atoms with Crippen molar-refractivity contribution in [3.05, 3.63) is 48.3 Å². The predicted molar refractivity (Wildman–Crippen MR) is 64.3 cm³/mol. The molecule has 0 bridgehead atoms. The molecule has 92 valence electrons. The SMILES string of the molecule is COc1ccccc1Oc1cnccc1C(=O)O. The molecule has 1 N–H and O–H groups in total. The topological polar surface area (TPSA) is 68.7 Å². The summed E-state index contributed by atoms with van der Waals surface area (Å²) in [5.41, 5.74) is 0.0518. The summed E-state index contributed by atoms with van der Waals surface area (Å²) >= 11 is 0. The molecule has 0 spiro atoms. The van der Waals surface area contributed by atoms with Crippen molar-refractivity contribution in [2.24, 2.45) is 0 Å². The number of hydrogen-bond acceptors (Lipinski definition) is 4. The van der Waals surface area contributed by atoms with E-state index < -0.39 is 5.97 Å². The Balaban J connectivity index is 2.37. The maximum atomic E-state index is 11.0. The van der Waals surface area contributed by atoms with E-state index in [9.17, 15) is 4.79 Å². The number of carboxylic acid groups (broad SMARTS) is 1. The number of aromatic carboxylic acids is 1. The van der Waals surface area contributed by atoms with Gasteiger partial charge in [-0.05, 0) is 18.2 Å². The second kappa shape index (κ2) is 5.18. The van der Waals surface area contributed by atoms with Crippen LogP contribution in [-0.2, 0) is 0 Å². The zero-order chi connectivity index (χ0) is 13.0. The Kier molecular flexibility index (Phi) is 3.43. The minimum atomic E-state index is -1.07. The Bertz CT molecular complexity index is 568. The fraction of sp³-hybridized carbons (Fsp3) is 0.0769. The summed E-state index contributed by atoms with van der Waals surface area (Å²) in [6.07, 6.45) is 2.76. The van der Waals surface area contributed by atoms with Crippen LogP contribution in [0.5, 0.6) is 17.2 Å². The Labute approximate surface area is 104 Å². The first-order chi connectivity index (χ1) is 8.72. The number of benzene rings is 1. The second-order valence-electron chi connectivity index (χ2n) is 3.43. The van der Waals surface area contributed by atoms with Crippen LogP contribution in [0.4, 0.5) is 0 Å². The molecule has 0 atom stereocenters. The average Bonchev–Trinajstić information content (AvgIpc) is 2.40. The van der Waals surface area contributed by atoms with Crippen molar-refractivity contribution < 1.29 is 19.4 Å². The molecule has 0 unspecified atom stereocenters. The van der Waals surface area contributed by atoms with Gasteiger partial charge in [-0.25, -0.2) is 4.79 Å². The van der Waals surface area contributed by atoms with E-state index in [1.165, 1.54) is 25.6 Å². The van der Waals surface area contributed by atoms with E-state index >= 15 is 0 Å². The molecule has 1 aromatic carbocycles. The highest BCUT2D eigenvalue weighted by Crippen LogP contribution is 2.32. The Hall–Kier alpha value is -2.56. The van der Waals surface area contributed by atoms with E-state index in [2.05, 4.69) is 4.98 Å². The molecule has 0 aliphatic heterocycles. The Morgan fingerprint density at radius 2 is 1.89 bits per heavy atom. The molecule has 0 radical (unpaired) electrons. The highest BCUT2D eigenvalue weighted by molar-refractivity contribution is 5.90. The standard InChI is InChI=1S/C13H11NO4/c1-17-10-4-2-3-5-11(10)18-12-8-14-7-6-9(12)13(15)16/h2-8H,1H3,(H,15,16). The van der Waals surface area contributed by atoms with E-state index in [0.717, 1.165) is 0 Å². The molecule has 2 aromatic rings. The molecule has 18 heavy (non-hydrogen) atoms. The van der Waals surface area contributed by atoms with Crippen LogP contribution >= 0.6 is 0 Å². The molecule has 0 aliphatic rings. The fourth-order valence-corrected chi connectivity index (χ4v) is 1.46. The van der Waals surface area contributed by atoms with E-state index in [0.29, 0.717) is 11.5 Å². The number of pyridine rings is 1. The lowest BCUT2D eigenvalue weighted by Crippen LogP contribution is -2.01. The van der Waals surface area contributed by atoms with Gasteiger partial charge in [0.25, 0.3) is 0 Å². The minimum Gasteiger partial charge on any atom is -0.493 e. The first kappa shape index (κ1) is 11.9. The molecular weight excluding hydrogens is 234 g/mol. The molecule has 5 nitrogen and oxygen atoms in total. The summed E-state index contributed by atoms with van der Waals surface area (Å²) in [7, 11) is 1.52. The van der Waals surface area contributed by atoms with Gasteiger partial charge in [-0.15, -0.1) is 0 Å². The van der Waals surface area contributed by atoms with Gasteiger partial charge in [0.1, 0.15) is 5.56 Å². The summed E-state index contributed by atoms with van der Waals surface area (Å²) < 4.78 is 10.6. The molecule has 0 aliphatic carbocycles. The first-order valence-corrected chi connectivity index (χ1v) is 5.20. The third-order valence-electron chi connectivity index (χ3n) is 2.30. The van der Waals surface area contributed by atoms with E-state index in [1.807, 2.05) is 0 Å². The smallest absolute Gasteiger partial charge is 0.339 e. The minimum absolute atomic E-state index is 0.0518. The zero-order valence-corrected chi connectivity index (χ0v) is 9.66. The van der Waals surface area contributed by atoms with Gasteiger partial charge in [0.05, 0.1) is 13.3 Å². The van der Waals surface area contributed by atoms with Gasteiger partial charge in [0.2, 0.25) is 0 Å². The monoisotopic (exact) mass is 245 g/mol. The lowest BCUT2D eigenvalue weighted by Gasteiger charge is -2.11. The number of aromatic nitrogens is 1. The summed E-state index contributed by atoms with van der Waals surface area (Å²) in [5.74, 6) is 0.0741. The Morgan fingerprint density at radius 3 is 2.56 bits per heavy atom. The molecule has 2 rings (SSSR count). The van der Waals surface area contributed by atoms with Crippen LogP contribution in [-0.4, -0.2) is 23.2 Å². The Morgan fingerprint density at radius 1 is 1.17 bits per heavy atom. The second-order valence-corrected chi connectivity index (χ2v) is 3.43. The highest BCUT2D eigenvalue weighted by atomic mass is 16.5. The van der Waals surface area contributed by atoms with Crippen molar-refractivity contribution in [1.82, 2.24) is 4.98 Å². The summed E-state index contributed by atoms with van der Waals surface area (Å²) in [5, 5.41) is 9.03. The molecule has 1 heterocycles. The normalized spacial score (nSPS) is 9.83. The van der Waals surface area contributed by atoms with Gasteiger partial charge in [0.15, 0.2) is 17.2 Å². The number of methoxy groups -OCH3 is 1. The van der Waals surface area contributed by atoms with Crippen LogP contribution < -0.4 is 9.47 Å². The van der Waals surface area contributed by atoms with Crippen molar-refractivity contribution in [2.45, 2.75) is 0 Å². The van der Waals surface area contributed by atoms with Gasteiger partial charge < -0.3 is 14.6 Å². The summed E-state index contributed by atoms with van der Waals surface area (Å²) in [4.78, 5) is 14.9. The number of rotatable bonds is 4. The van der Waals surface area contributed by atoms with Gasteiger partial charge >= 0.3 is 5.97 Å². The maximum absolute atomic E-state index is 11.0. The highest BCUT2D eigenvalue weighted by Gasteiger charge is 2.13. The van der Waals surface area contributed by atoms with E-state index in [1.54, 1.807) is 24.3 Å². The number of ether oxygens (including phenoxy) is 2. The average molecular weight is 245 g/mol. The van der Waals surface area contributed by atoms with Crippen molar-refractivity contribution in [3.8, 4) is 17.2 Å². The van der Waals surface area contributed by atoms with Crippen LogP contribution in [0, 0.1) is 0 Å². The lowest BCUT2D eigenvalue weighted by molar-refractivity contribution is 0.0694. The molecule has 0 fully saturated rings. The number of hydrogen-bond donors (Lipinski definition) is 1. The van der Waals surface area contributed by atoms with Gasteiger partial charge in [-0.3, -0.25) is 4.98 Å². The third-order valence-corrected chi connectivity index (χ3v) is 2.30. The van der Waals surface area contributed by atoms with Crippen LogP contribution in [0.1, 0.15) is 10.4 Å². The first-order valence-electron chi connectivity index (χ1n) is 5.20. The number of carbonyl (C=O) groups is 1. The summed E-state index contributed by atoms with van der Waals surface area (Å²) in [6.45, 7) is 0. The number of para-hydroxylation sites is 2. The number of carboxylic acids is 1. The van der Waals surface area contributed by atoms with Crippen LogP contribution in [0.25, 0.3) is 0 Å². The fourth-order valence-electron chi connectivity index (χ4n) is 1.46. The molecule has 0 amide bonds. The van der Waals surface area contributed by atoms with Gasteiger partial charge in [-0.2, -0.15) is 0 Å². The van der Waals surface area contributed by atoms with Crippen molar-refractivity contribution in [2.75, 3.05) is 7.11 Å². The quantitative estimate of drug-likeness (QED) is 0.896. The molecule has 0 saturated carbocycles. The van der Waals surface area contributed by atoms with E-state index in [4.69, 9.17) is 14.6 Å². The van der Waals surface area contributed by atoms with Crippen LogP contribution in [0.15, 0.2) is 42.7 Å². The van der Waals surface area contributed by atoms with Gasteiger partial charge in [0, 0.05) is 6.20 Å². The molecule has 1 aromatic heterocycles. The van der Waals surface area contributed by atoms with Gasteiger partial charge in [-0.1, -0.05) is 12.1 Å². The molecule has 0 saturated heterocycles. The molecule has 5 heteroatoms. The largest absolute Gasteiger partial charge is 0.493 e. The number of nitrogens with zero attached hydrogens (tertiary/aromatic N) is 1. The van der Waals surface area contributed by atoms with E-state index in [-0.39, 0.29) is 11.3 Å². The van der Waals surface area contributed by atoms with Crippen molar-refractivity contribution >= 4 is 5.97 Å². The lowest BCUT2D eigenvalue weighted by atomic mass is 10.2.